The standard InChI is InChI=1S/C11H17N3O/c12-10-8-13-4-1-11(10)14-7-9-2-5-15-6-3-9/h1,4,8-9H,2-3,5-7,12H2,(H,13,14). The molecule has 0 aliphatic carbocycles. The highest BCUT2D eigenvalue weighted by molar-refractivity contribution is 5.64. The molecule has 2 heterocycles. The maximum absolute atomic E-state index is 5.79. The van der Waals surface area contributed by atoms with E-state index in [1.54, 1.807) is 12.4 Å². The molecule has 1 aromatic rings. The number of nitrogens with one attached hydrogen (secondary N) is 1. The molecule has 4 nitrogen and oxygen atoms in total. The first-order valence-corrected chi connectivity index (χ1v) is 5.37. The normalized spacial score (nSPS) is 17.6. The fraction of sp³-hybridized carbons (Fsp3) is 0.545. The van der Waals surface area contributed by atoms with Crippen molar-refractivity contribution in [3.63, 3.8) is 0 Å². The molecule has 1 aromatic heterocycles. The van der Waals surface area contributed by atoms with Crippen molar-refractivity contribution in [2.75, 3.05) is 30.8 Å². The van der Waals surface area contributed by atoms with Crippen LogP contribution in [0.5, 0.6) is 0 Å². The number of ether oxygens (including phenoxy) is 1. The van der Waals surface area contributed by atoms with Crippen molar-refractivity contribution in [1.29, 1.82) is 0 Å². The summed E-state index contributed by atoms with van der Waals surface area (Å²) in [4.78, 5) is 3.95. The lowest BCUT2D eigenvalue weighted by Gasteiger charge is -2.22. The van der Waals surface area contributed by atoms with Crippen LogP contribution in [0.15, 0.2) is 18.5 Å². The molecule has 1 aliphatic rings. The molecule has 0 spiro atoms. The van der Waals surface area contributed by atoms with Crippen LogP contribution < -0.4 is 11.1 Å². The zero-order valence-electron chi connectivity index (χ0n) is 8.78. The van der Waals surface area contributed by atoms with Crippen molar-refractivity contribution < 1.29 is 4.74 Å². The van der Waals surface area contributed by atoms with E-state index in [2.05, 4.69) is 10.3 Å². The van der Waals surface area contributed by atoms with E-state index in [4.69, 9.17) is 10.5 Å². The van der Waals surface area contributed by atoms with Crippen LogP contribution in [-0.2, 0) is 4.74 Å². The Kier molecular flexibility index (Phi) is 3.40. The fourth-order valence-corrected chi connectivity index (χ4v) is 1.77. The summed E-state index contributed by atoms with van der Waals surface area (Å²) in [5.41, 5.74) is 7.48. The maximum Gasteiger partial charge on any atom is 0.0736 e. The third-order valence-corrected chi connectivity index (χ3v) is 2.77. The Balaban J connectivity index is 1.84. The van der Waals surface area contributed by atoms with Gasteiger partial charge in [0.05, 0.1) is 17.6 Å². The summed E-state index contributed by atoms with van der Waals surface area (Å²) < 4.78 is 5.31. The Morgan fingerprint density at radius 2 is 2.27 bits per heavy atom. The SMILES string of the molecule is Nc1cnccc1NCC1CCOCC1. The number of pyridine rings is 1. The molecule has 4 heteroatoms. The summed E-state index contributed by atoms with van der Waals surface area (Å²) >= 11 is 0. The van der Waals surface area contributed by atoms with Crippen LogP contribution in [0.2, 0.25) is 0 Å². The predicted molar refractivity (Wildman–Crippen MR) is 60.7 cm³/mol. The third-order valence-electron chi connectivity index (χ3n) is 2.77. The minimum Gasteiger partial charge on any atom is -0.396 e. The van der Waals surface area contributed by atoms with Gasteiger partial charge in [0.1, 0.15) is 0 Å². The van der Waals surface area contributed by atoms with Gasteiger partial charge in [-0.3, -0.25) is 4.98 Å². The number of anilines is 2. The maximum atomic E-state index is 5.79. The number of hydrogen-bond donors (Lipinski definition) is 2. The molecule has 1 fully saturated rings. The van der Waals surface area contributed by atoms with E-state index < -0.39 is 0 Å². The van der Waals surface area contributed by atoms with Gasteiger partial charge in [0.25, 0.3) is 0 Å². The molecular formula is C11H17N3O. The van der Waals surface area contributed by atoms with Crippen LogP contribution in [0, 0.1) is 5.92 Å². The Labute approximate surface area is 89.8 Å². The molecule has 0 aromatic carbocycles. The number of rotatable bonds is 3. The van der Waals surface area contributed by atoms with Crippen molar-refractivity contribution in [3.8, 4) is 0 Å². The molecule has 0 amide bonds. The molecule has 1 aliphatic heterocycles. The van der Waals surface area contributed by atoms with E-state index >= 15 is 0 Å². The second kappa shape index (κ2) is 4.98. The number of aromatic nitrogens is 1. The van der Waals surface area contributed by atoms with Crippen molar-refractivity contribution >= 4 is 11.4 Å². The first-order chi connectivity index (χ1) is 7.36. The van der Waals surface area contributed by atoms with Gasteiger partial charge in [-0.25, -0.2) is 0 Å². The van der Waals surface area contributed by atoms with Gasteiger partial charge in [-0.15, -0.1) is 0 Å². The summed E-state index contributed by atoms with van der Waals surface area (Å²) in [6, 6.07) is 1.91. The summed E-state index contributed by atoms with van der Waals surface area (Å²) in [6.07, 6.45) is 5.70. The van der Waals surface area contributed by atoms with Gasteiger partial charge in [0, 0.05) is 26.0 Å². The Hall–Kier alpha value is -1.29. The summed E-state index contributed by atoms with van der Waals surface area (Å²) in [5, 5.41) is 3.36. The fourth-order valence-electron chi connectivity index (χ4n) is 1.77. The van der Waals surface area contributed by atoms with Crippen LogP contribution in [0.25, 0.3) is 0 Å². The van der Waals surface area contributed by atoms with Crippen molar-refractivity contribution in [3.05, 3.63) is 18.5 Å². The van der Waals surface area contributed by atoms with Gasteiger partial charge in [0.2, 0.25) is 0 Å². The Bertz CT molecular complexity index is 310. The zero-order valence-corrected chi connectivity index (χ0v) is 8.78. The number of nitrogen functional groups attached to an aromatic ring is 1. The average molecular weight is 207 g/mol. The van der Waals surface area contributed by atoms with Crippen molar-refractivity contribution in [1.82, 2.24) is 4.98 Å². The molecule has 0 bridgehead atoms. The molecule has 2 rings (SSSR count). The topological polar surface area (TPSA) is 60.2 Å². The lowest BCUT2D eigenvalue weighted by Crippen LogP contribution is -2.22. The predicted octanol–water partition coefficient (Wildman–Crippen LogP) is 1.50. The second-order valence-electron chi connectivity index (χ2n) is 3.90. The molecule has 15 heavy (non-hydrogen) atoms. The number of nitrogens with two attached hydrogens (primary N) is 1. The van der Waals surface area contributed by atoms with Gasteiger partial charge in [-0.05, 0) is 24.8 Å². The largest absolute Gasteiger partial charge is 0.396 e. The first kappa shape index (κ1) is 10.2. The highest BCUT2D eigenvalue weighted by Gasteiger charge is 2.13. The smallest absolute Gasteiger partial charge is 0.0736 e. The van der Waals surface area contributed by atoms with Crippen LogP contribution in [0.3, 0.4) is 0 Å². The molecule has 82 valence electrons. The van der Waals surface area contributed by atoms with E-state index in [9.17, 15) is 0 Å². The minimum absolute atomic E-state index is 0.700. The monoisotopic (exact) mass is 207 g/mol. The quantitative estimate of drug-likeness (QED) is 0.788. The molecule has 0 radical (unpaired) electrons. The lowest BCUT2D eigenvalue weighted by atomic mass is 10.0. The summed E-state index contributed by atoms with van der Waals surface area (Å²) in [5.74, 6) is 0.700. The zero-order chi connectivity index (χ0) is 10.5. The van der Waals surface area contributed by atoms with Gasteiger partial charge < -0.3 is 15.8 Å². The Morgan fingerprint density at radius 3 is 3.00 bits per heavy atom. The molecule has 0 unspecified atom stereocenters. The molecule has 0 atom stereocenters. The molecular weight excluding hydrogens is 190 g/mol. The highest BCUT2D eigenvalue weighted by atomic mass is 16.5. The van der Waals surface area contributed by atoms with Crippen LogP contribution in [0.4, 0.5) is 11.4 Å². The number of nitrogens with zero attached hydrogens (tertiary/aromatic N) is 1. The summed E-state index contributed by atoms with van der Waals surface area (Å²) in [6.45, 7) is 2.74. The van der Waals surface area contributed by atoms with Crippen LogP contribution in [0.1, 0.15) is 12.8 Å². The van der Waals surface area contributed by atoms with E-state index in [0.29, 0.717) is 11.6 Å². The van der Waals surface area contributed by atoms with Crippen LogP contribution in [-0.4, -0.2) is 24.7 Å². The summed E-state index contributed by atoms with van der Waals surface area (Å²) in [7, 11) is 0. The van der Waals surface area contributed by atoms with E-state index in [-0.39, 0.29) is 0 Å². The highest BCUT2D eigenvalue weighted by Crippen LogP contribution is 2.19. The minimum atomic E-state index is 0.700. The van der Waals surface area contributed by atoms with Gasteiger partial charge in [0.15, 0.2) is 0 Å². The second-order valence-corrected chi connectivity index (χ2v) is 3.90. The van der Waals surface area contributed by atoms with Crippen molar-refractivity contribution in [2.24, 2.45) is 5.92 Å². The number of hydrogen-bond acceptors (Lipinski definition) is 4. The van der Waals surface area contributed by atoms with Gasteiger partial charge in [-0.1, -0.05) is 0 Å². The molecule has 3 N–H and O–H groups in total. The Morgan fingerprint density at radius 1 is 1.47 bits per heavy atom. The van der Waals surface area contributed by atoms with Crippen molar-refractivity contribution in [2.45, 2.75) is 12.8 Å². The van der Waals surface area contributed by atoms with Gasteiger partial charge >= 0.3 is 0 Å². The van der Waals surface area contributed by atoms with E-state index in [1.807, 2.05) is 6.07 Å². The van der Waals surface area contributed by atoms with Crippen LogP contribution >= 0.6 is 0 Å². The lowest BCUT2D eigenvalue weighted by molar-refractivity contribution is 0.0699. The first-order valence-electron chi connectivity index (χ1n) is 5.37. The average Bonchev–Trinajstić information content (AvgIpc) is 2.29. The molecule has 0 saturated carbocycles. The van der Waals surface area contributed by atoms with E-state index in [1.165, 1.54) is 0 Å². The van der Waals surface area contributed by atoms with E-state index in [0.717, 1.165) is 38.3 Å². The van der Waals surface area contributed by atoms with Gasteiger partial charge in [-0.2, -0.15) is 0 Å². The third kappa shape index (κ3) is 2.83. The molecule has 1 saturated heterocycles.